The van der Waals surface area contributed by atoms with Crippen LogP contribution < -0.4 is 15.5 Å². The minimum atomic E-state index is -3.65. The lowest BCUT2D eigenvalue weighted by Crippen LogP contribution is -2.56. The third kappa shape index (κ3) is 7.32. The fraction of sp³-hybridized carbons (Fsp3) is 0.353. The minimum absolute atomic E-state index is 0.0236. The molecule has 0 radical (unpaired) electrons. The minimum Gasteiger partial charge on any atom is -0.368 e. The van der Waals surface area contributed by atoms with Crippen molar-refractivity contribution < 1.29 is 18.0 Å². The summed E-state index contributed by atoms with van der Waals surface area (Å²) in [5.41, 5.74) is 5.18. The van der Waals surface area contributed by atoms with Crippen LogP contribution >= 0.6 is 0 Å². The molecule has 4 aromatic rings. The Morgan fingerprint density at radius 1 is 0.978 bits per heavy atom. The molecular weight excluding hydrogens is 588 g/mol. The summed E-state index contributed by atoms with van der Waals surface area (Å²) in [4.78, 5) is 37.1. The first-order valence-corrected chi connectivity index (χ1v) is 17.0. The number of aromatic amines is 1. The molecule has 2 heterocycles. The van der Waals surface area contributed by atoms with Gasteiger partial charge in [0.1, 0.15) is 6.04 Å². The number of aromatic nitrogens is 1. The van der Waals surface area contributed by atoms with Gasteiger partial charge in [0, 0.05) is 67.7 Å². The van der Waals surface area contributed by atoms with Gasteiger partial charge in [-0.15, -0.1) is 0 Å². The first-order valence-electron chi connectivity index (χ1n) is 15.1. The molecule has 11 heteroatoms. The summed E-state index contributed by atoms with van der Waals surface area (Å²) in [7, 11) is 0.182. The predicted octanol–water partition coefficient (Wildman–Crippen LogP) is 4.58. The van der Waals surface area contributed by atoms with Crippen molar-refractivity contribution in [1.29, 1.82) is 0 Å². The summed E-state index contributed by atoms with van der Waals surface area (Å²) in [6.45, 7) is 6.88. The molecule has 238 valence electrons. The van der Waals surface area contributed by atoms with Crippen LogP contribution in [0, 0.1) is 6.92 Å². The van der Waals surface area contributed by atoms with Crippen LogP contribution in [0.25, 0.3) is 10.9 Å². The van der Waals surface area contributed by atoms with Gasteiger partial charge in [-0.3, -0.25) is 4.79 Å². The molecule has 0 aliphatic carbocycles. The molecule has 3 amide bonds. The van der Waals surface area contributed by atoms with E-state index < -0.39 is 27.7 Å². The molecule has 0 saturated carbocycles. The molecule has 2 atom stereocenters. The number of hydrogen-bond donors (Lipinski definition) is 3. The van der Waals surface area contributed by atoms with Crippen LogP contribution in [0.4, 0.5) is 16.2 Å². The highest BCUT2D eigenvalue weighted by Gasteiger charge is 2.33. The number of benzene rings is 3. The number of rotatable bonds is 9. The van der Waals surface area contributed by atoms with E-state index >= 15 is 0 Å². The number of para-hydroxylation sites is 2. The van der Waals surface area contributed by atoms with Gasteiger partial charge in [0.25, 0.3) is 0 Å². The number of amides is 3. The summed E-state index contributed by atoms with van der Waals surface area (Å²) in [5.74, 6) is -0.934. The smallest absolute Gasteiger partial charge is 0.318 e. The van der Waals surface area contributed by atoms with Crippen molar-refractivity contribution in [2.24, 2.45) is 0 Å². The lowest BCUT2D eigenvalue weighted by atomic mass is 9.92. The van der Waals surface area contributed by atoms with Crippen LogP contribution in [-0.4, -0.2) is 87.7 Å². The largest absolute Gasteiger partial charge is 0.368 e. The van der Waals surface area contributed by atoms with Gasteiger partial charge < -0.3 is 30.3 Å². The van der Waals surface area contributed by atoms with Crippen LogP contribution in [0.1, 0.15) is 29.5 Å². The first-order chi connectivity index (χ1) is 21.4. The Balaban J connectivity index is 1.41. The fourth-order valence-corrected chi connectivity index (χ4v) is 6.86. The van der Waals surface area contributed by atoms with E-state index in [-0.39, 0.29) is 16.6 Å². The normalized spacial score (nSPS) is 15.2. The maximum absolute atomic E-state index is 14.1. The van der Waals surface area contributed by atoms with Gasteiger partial charge in [-0.1, -0.05) is 49.4 Å². The lowest BCUT2D eigenvalue weighted by molar-refractivity contribution is -0.118. The number of piperazine rings is 1. The molecule has 10 nitrogen and oxygen atoms in total. The number of carbonyl (C=O) groups excluding carboxylic acids is 2. The topological polar surface area (TPSA) is 118 Å². The van der Waals surface area contributed by atoms with Crippen molar-refractivity contribution in [3.63, 3.8) is 0 Å². The fourth-order valence-electron chi connectivity index (χ4n) is 6.03. The van der Waals surface area contributed by atoms with Crippen molar-refractivity contribution >= 4 is 44.1 Å². The molecule has 3 aromatic carbocycles. The number of hydrogen-bond acceptors (Lipinski definition) is 6. The average Bonchev–Trinajstić information content (AvgIpc) is 3.43. The summed E-state index contributed by atoms with van der Waals surface area (Å²) < 4.78 is 25.4. The molecule has 2 unspecified atom stereocenters. The monoisotopic (exact) mass is 630 g/mol. The molecule has 1 aliphatic rings. The van der Waals surface area contributed by atoms with Crippen molar-refractivity contribution in [2.45, 2.75) is 37.2 Å². The van der Waals surface area contributed by atoms with E-state index in [2.05, 4.69) is 39.6 Å². The molecule has 1 saturated heterocycles. The molecular formula is C34H42N6O4S. The number of sulfone groups is 1. The van der Waals surface area contributed by atoms with Gasteiger partial charge in [-0.2, -0.15) is 0 Å². The number of carbonyl (C=O) groups is 2. The Kier molecular flexibility index (Phi) is 9.50. The van der Waals surface area contributed by atoms with E-state index in [4.69, 9.17) is 0 Å². The second kappa shape index (κ2) is 13.3. The Hall–Kier alpha value is -4.35. The third-order valence-electron chi connectivity index (χ3n) is 8.40. The van der Waals surface area contributed by atoms with E-state index in [1.807, 2.05) is 68.5 Å². The highest BCUT2D eigenvalue weighted by molar-refractivity contribution is 7.90. The number of aryl methyl sites for hydroxylation is 1. The second-order valence-corrected chi connectivity index (χ2v) is 14.1. The number of urea groups is 1. The Morgan fingerprint density at radius 2 is 1.67 bits per heavy atom. The highest BCUT2D eigenvalue weighted by Crippen LogP contribution is 2.30. The number of fused-ring (bicyclic) bond motifs is 1. The molecule has 3 N–H and O–H groups in total. The van der Waals surface area contributed by atoms with Crippen LogP contribution in [0.5, 0.6) is 0 Å². The van der Waals surface area contributed by atoms with Crippen molar-refractivity contribution in [3.05, 3.63) is 89.6 Å². The molecule has 0 bridgehead atoms. The van der Waals surface area contributed by atoms with Crippen LogP contribution in [0.3, 0.4) is 0 Å². The Morgan fingerprint density at radius 3 is 2.36 bits per heavy atom. The Labute approximate surface area is 265 Å². The van der Waals surface area contributed by atoms with E-state index in [0.717, 1.165) is 34.0 Å². The van der Waals surface area contributed by atoms with Crippen molar-refractivity contribution in [1.82, 2.24) is 20.1 Å². The van der Waals surface area contributed by atoms with Crippen molar-refractivity contribution in [2.75, 3.05) is 56.7 Å². The predicted molar refractivity (Wildman–Crippen MR) is 180 cm³/mol. The maximum atomic E-state index is 14.1. The third-order valence-corrected chi connectivity index (χ3v) is 9.55. The average molecular weight is 631 g/mol. The molecule has 1 fully saturated rings. The quantitative estimate of drug-likeness (QED) is 0.249. The second-order valence-electron chi connectivity index (χ2n) is 12.1. The molecule has 1 aromatic heterocycles. The summed E-state index contributed by atoms with van der Waals surface area (Å²) in [6, 6.07) is 19.6. The number of H-pyrrole nitrogens is 1. The Bertz CT molecular complexity index is 1790. The molecule has 5 rings (SSSR count). The summed E-state index contributed by atoms with van der Waals surface area (Å²) in [6.07, 6.45) is 2.98. The van der Waals surface area contributed by atoms with Gasteiger partial charge in [-0.05, 0) is 62.0 Å². The number of nitrogens with one attached hydrogen (secondary N) is 3. The van der Waals surface area contributed by atoms with Crippen LogP contribution in [-0.2, 0) is 21.2 Å². The highest BCUT2D eigenvalue weighted by atomic mass is 32.2. The van der Waals surface area contributed by atoms with E-state index in [1.54, 1.807) is 17.0 Å². The molecule has 1 aliphatic heterocycles. The zero-order valence-electron chi connectivity index (χ0n) is 26.5. The summed E-state index contributed by atoms with van der Waals surface area (Å²) >= 11 is 0. The van der Waals surface area contributed by atoms with E-state index in [9.17, 15) is 18.0 Å². The number of anilines is 2. The zero-order valence-corrected chi connectivity index (χ0v) is 27.3. The number of nitrogens with zero attached hydrogens (tertiary/aromatic N) is 3. The maximum Gasteiger partial charge on any atom is 0.318 e. The molecule has 45 heavy (non-hydrogen) atoms. The summed E-state index contributed by atoms with van der Waals surface area (Å²) in [5, 5.41) is 6.84. The van der Waals surface area contributed by atoms with Crippen LogP contribution in [0.15, 0.2) is 77.8 Å². The standard InChI is InChI=1S/C34H42N6O4S/c1-23-10-6-9-13-30(23)39-16-18-40(19-17-39)34(42)37-32(24(2)27-21-35-28-12-8-7-11-26(27)28)33(41)36-29-20-25(22-38(3)4)14-15-31(29)45(5,43)44/h6-15,20-21,24,32,35H,16-19,22H2,1-5H3,(H,36,41)(H,37,42). The van der Waals surface area contributed by atoms with E-state index in [1.165, 1.54) is 11.6 Å². The van der Waals surface area contributed by atoms with Gasteiger partial charge in [0.05, 0.1) is 10.6 Å². The van der Waals surface area contributed by atoms with E-state index in [0.29, 0.717) is 32.7 Å². The van der Waals surface area contributed by atoms with Gasteiger partial charge in [0.15, 0.2) is 9.84 Å². The lowest BCUT2D eigenvalue weighted by Gasteiger charge is -2.37. The van der Waals surface area contributed by atoms with Crippen LogP contribution in [0.2, 0.25) is 0 Å². The first kappa shape index (κ1) is 32.1. The zero-order chi connectivity index (χ0) is 32.3. The van der Waals surface area contributed by atoms with Gasteiger partial charge in [0.2, 0.25) is 5.91 Å². The van der Waals surface area contributed by atoms with Gasteiger partial charge >= 0.3 is 6.03 Å². The van der Waals surface area contributed by atoms with Crippen molar-refractivity contribution in [3.8, 4) is 0 Å². The van der Waals surface area contributed by atoms with Gasteiger partial charge in [-0.25, -0.2) is 13.2 Å². The SMILES string of the molecule is Cc1ccccc1N1CCN(C(=O)NC(C(=O)Nc2cc(CN(C)C)ccc2S(C)(=O)=O)C(C)c2c[nH]c3ccccc23)CC1. The molecule has 0 spiro atoms.